The van der Waals surface area contributed by atoms with Crippen molar-refractivity contribution in [3.63, 3.8) is 0 Å². The molecule has 4 aromatic rings. The molecule has 0 bridgehead atoms. The van der Waals surface area contributed by atoms with Crippen LogP contribution in [0.15, 0.2) is 60.8 Å². The highest BCUT2D eigenvalue weighted by molar-refractivity contribution is 6.31. The molecular weight excluding hydrogens is 393 g/mol. The molecule has 4 rings (SSSR count). The van der Waals surface area contributed by atoms with Gasteiger partial charge >= 0.3 is 6.18 Å². The third-order valence-corrected chi connectivity index (χ3v) is 4.18. The first-order valence-corrected chi connectivity index (χ1v) is 8.49. The maximum Gasteiger partial charge on any atom is 0.417 e. The van der Waals surface area contributed by atoms with Crippen molar-refractivity contribution in [1.82, 2.24) is 15.0 Å². The molecular formula is C19H12ClF3N4O. The first-order chi connectivity index (χ1) is 13.4. The van der Waals surface area contributed by atoms with Gasteiger partial charge in [-0.15, -0.1) is 0 Å². The van der Waals surface area contributed by atoms with Crippen LogP contribution in [-0.4, -0.2) is 15.0 Å². The summed E-state index contributed by atoms with van der Waals surface area (Å²) < 4.78 is 44.7. The van der Waals surface area contributed by atoms with E-state index in [1.54, 1.807) is 42.6 Å². The van der Waals surface area contributed by atoms with Crippen LogP contribution >= 0.6 is 11.6 Å². The molecule has 28 heavy (non-hydrogen) atoms. The number of alkyl halides is 3. The second-order valence-electron chi connectivity index (χ2n) is 5.85. The summed E-state index contributed by atoms with van der Waals surface area (Å²) in [5, 5.41) is 2.46. The van der Waals surface area contributed by atoms with Gasteiger partial charge in [0.05, 0.1) is 21.6 Å². The summed E-state index contributed by atoms with van der Waals surface area (Å²) >= 11 is 5.64. The Morgan fingerprint density at radius 2 is 1.89 bits per heavy atom. The number of nitrogens with zero attached hydrogens (tertiary/aromatic N) is 2. The number of imidazole rings is 1. The van der Waals surface area contributed by atoms with Gasteiger partial charge in [-0.05, 0) is 36.4 Å². The van der Waals surface area contributed by atoms with Crippen LogP contribution in [0.25, 0.3) is 11.0 Å². The molecule has 0 radical (unpaired) electrons. The van der Waals surface area contributed by atoms with E-state index in [1.807, 2.05) is 0 Å². The van der Waals surface area contributed by atoms with Crippen LogP contribution in [0.4, 0.5) is 24.8 Å². The van der Waals surface area contributed by atoms with Gasteiger partial charge in [0.15, 0.2) is 0 Å². The maximum absolute atomic E-state index is 13.0. The monoisotopic (exact) mass is 404 g/mol. The second kappa shape index (κ2) is 7.05. The molecule has 142 valence electrons. The van der Waals surface area contributed by atoms with Crippen molar-refractivity contribution in [1.29, 1.82) is 0 Å². The van der Waals surface area contributed by atoms with Gasteiger partial charge in [-0.2, -0.15) is 13.2 Å². The quantitative estimate of drug-likeness (QED) is 0.427. The number of benzene rings is 2. The molecule has 9 heteroatoms. The molecule has 0 amide bonds. The molecule has 0 atom stereocenters. The topological polar surface area (TPSA) is 62.8 Å². The molecule has 0 aliphatic heterocycles. The lowest BCUT2D eigenvalue weighted by molar-refractivity contribution is -0.137. The predicted octanol–water partition coefficient (Wildman–Crippen LogP) is 6.17. The first-order valence-electron chi connectivity index (χ1n) is 8.11. The lowest BCUT2D eigenvalue weighted by atomic mass is 10.2. The number of rotatable bonds is 4. The van der Waals surface area contributed by atoms with Crippen molar-refractivity contribution in [3.05, 3.63) is 71.4 Å². The van der Waals surface area contributed by atoms with Gasteiger partial charge in [-0.25, -0.2) is 9.97 Å². The first kappa shape index (κ1) is 18.1. The zero-order valence-corrected chi connectivity index (χ0v) is 14.8. The Labute approximate surface area is 162 Å². The van der Waals surface area contributed by atoms with E-state index >= 15 is 0 Å². The Kier molecular flexibility index (Phi) is 4.56. The molecule has 0 unspecified atom stereocenters. The Bertz CT molecular complexity index is 1130. The van der Waals surface area contributed by atoms with Crippen LogP contribution in [-0.2, 0) is 6.18 Å². The standard InChI is InChI=1S/C19H12ClF3N4O/c20-14-6-4-11(9-13(14)19(21,22)23)25-18-26-15-7-5-12(10-16(15)27-18)28-17-3-1-2-8-24-17/h1-10H,(H2,25,26,27). The van der Waals surface area contributed by atoms with E-state index in [-0.39, 0.29) is 10.7 Å². The minimum atomic E-state index is -4.54. The van der Waals surface area contributed by atoms with Crippen LogP contribution in [0.2, 0.25) is 5.02 Å². The summed E-state index contributed by atoms with van der Waals surface area (Å²) in [6, 6.07) is 14.1. The zero-order valence-electron chi connectivity index (χ0n) is 14.1. The minimum Gasteiger partial charge on any atom is -0.439 e. The summed E-state index contributed by atoms with van der Waals surface area (Å²) in [6.07, 6.45) is -2.92. The van der Waals surface area contributed by atoms with Gasteiger partial charge < -0.3 is 15.0 Å². The number of fused-ring (bicyclic) bond motifs is 1. The fourth-order valence-corrected chi connectivity index (χ4v) is 2.82. The van der Waals surface area contributed by atoms with Crippen LogP contribution in [0, 0.1) is 0 Å². The molecule has 0 saturated heterocycles. The van der Waals surface area contributed by atoms with E-state index in [0.29, 0.717) is 28.6 Å². The highest BCUT2D eigenvalue weighted by Gasteiger charge is 2.33. The average Bonchev–Trinajstić information content (AvgIpc) is 3.05. The lowest BCUT2D eigenvalue weighted by Gasteiger charge is -2.11. The third-order valence-electron chi connectivity index (χ3n) is 3.85. The third kappa shape index (κ3) is 3.86. The number of ether oxygens (including phenoxy) is 1. The molecule has 0 aliphatic rings. The number of aromatic nitrogens is 3. The molecule has 0 spiro atoms. The van der Waals surface area contributed by atoms with E-state index in [2.05, 4.69) is 20.3 Å². The van der Waals surface area contributed by atoms with E-state index in [1.165, 1.54) is 12.1 Å². The molecule has 2 aromatic heterocycles. The lowest BCUT2D eigenvalue weighted by Crippen LogP contribution is -2.06. The van der Waals surface area contributed by atoms with Crippen molar-refractivity contribution < 1.29 is 17.9 Å². The van der Waals surface area contributed by atoms with Crippen molar-refractivity contribution in [2.24, 2.45) is 0 Å². The zero-order chi connectivity index (χ0) is 19.7. The molecule has 2 heterocycles. The number of hydrogen-bond acceptors (Lipinski definition) is 4. The Morgan fingerprint density at radius 3 is 2.64 bits per heavy atom. The predicted molar refractivity (Wildman–Crippen MR) is 100 cm³/mol. The van der Waals surface area contributed by atoms with Crippen molar-refractivity contribution in [2.75, 3.05) is 5.32 Å². The molecule has 0 fully saturated rings. The fourth-order valence-electron chi connectivity index (χ4n) is 2.60. The molecule has 2 N–H and O–H groups in total. The maximum atomic E-state index is 13.0. The normalized spacial score (nSPS) is 11.6. The van der Waals surface area contributed by atoms with Crippen LogP contribution in [0.5, 0.6) is 11.6 Å². The summed E-state index contributed by atoms with van der Waals surface area (Å²) in [6.45, 7) is 0. The summed E-state index contributed by atoms with van der Waals surface area (Å²) in [4.78, 5) is 11.4. The molecule has 0 aliphatic carbocycles. The number of aromatic amines is 1. The van der Waals surface area contributed by atoms with E-state index in [4.69, 9.17) is 16.3 Å². The smallest absolute Gasteiger partial charge is 0.417 e. The van der Waals surface area contributed by atoms with Crippen molar-refractivity contribution in [2.45, 2.75) is 6.18 Å². The van der Waals surface area contributed by atoms with Crippen LogP contribution in [0.1, 0.15) is 5.56 Å². The van der Waals surface area contributed by atoms with Gasteiger partial charge in [-0.3, -0.25) is 0 Å². The number of hydrogen-bond donors (Lipinski definition) is 2. The minimum absolute atomic E-state index is 0.209. The number of pyridine rings is 1. The van der Waals surface area contributed by atoms with Crippen LogP contribution < -0.4 is 10.1 Å². The Balaban J connectivity index is 1.58. The fraction of sp³-hybridized carbons (Fsp3) is 0.0526. The highest BCUT2D eigenvalue weighted by Crippen LogP contribution is 2.36. The summed E-state index contributed by atoms with van der Waals surface area (Å²) in [5.41, 5.74) is 0.573. The highest BCUT2D eigenvalue weighted by atomic mass is 35.5. The van der Waals surface area contributed by atoms with Gasteiger partial charge in [0, 0.05) is 24.0 Å². The largest absolute Gasteiger partial charge is 0.439 e. The average molecular weight is 405 g/mol. The number of nitrogens with one attached hydrogen (secondary N) is 2. The Hall–Kier alpha value is -3.26. The van der Waals surface area contributed by atoms with Crippen molar-refractivity contribution >= 4 is 34.3 Å². The van der Waals surface area contributed by atoms with E-state index < -0.39 is 11.7 Å². The van der Waals surface area contributed by atoms with Gasteiger partial charge in [0.25, 0.3) is 0 Å². The second-order valence-corrected chi connectivity index (χ2v) is 6.26. The van der Waals surface area contributed by atoms with Crippen molar-refractivity contribution in [3.8, 4) is 11.6 Å². The SMILES string of the molecule is FC(F)(F)c1cc(Nc2nc3ccc(Oc4ccccn4)cc3[nH]2)ccc1Cl. The Morgan fingerprint density at radius 1 is 1.04 bits per heavy atom. The van der Waals surface area contributed by atoms with Gasteiger partial charge in [-0.1, -0.05) is 17.7 Å². The van der Waals surface area contributed by atoms with Gasteiger partial charge in [0.2, 0.25) is 11.8 Å². The van der Waals surface area contributed by atoms with Crippen LogP contribution in [0.3, 0.4) is 0 Å². The number of anilines is 2. The molecule has 0 saturated carbocycles. The van der Waals surface area contributed by atoms with Gasteiger partial charge in [0.1, 0.15) is 5.75 Å². The van der Waals surface area contributed by atoms with E-state index in [9.17, 15) is 13.2 Å². The number of H-pyrrole nitrogens is 1. The number of halogens is 4. The molecule has 2 aromatic carbocycles. The summed E-state index contributed by atoms with van der Waals surface area (Å²) in [5.74, 6) is 1.29. The molecule has 5 nitrogen and oxygen atoms in total. The summed E-state index contributed by atoms with van der Waals surface area (Å²) in [7, 11) is 0. The van der Waals surface area contributed by atoms with E-state index in [0.717, 1.165) is 6.07 Å².